The smallest absolute Gasteiger partial charge is 0.305 e. The van der Waals surface area contributed by atoms with Gasteiger partial charge in [0, 0.05) is 12.8 Å². The topological polar surface area (TPSA) is 95.9 Å². The van der Waals surface area contributed by atoms with Crippen LogP contribution in [0.1, 0.15) is 296 Å². The van der Waals surface area contributed by atoms with Gasteiger partial charge in [-0.2, -0.15) is 0 Å². The lowest BCUT2D eigenvalue weighted by Crippen LogP contribution is -2.45. The number of amides is 1. The molecule has 0 saturated carbocycles. The number of carbonyl (C=O) groups excluding carboxylic acids is 2. The van der Waals surface area contributed by atoms with Gasteiger partial charge in [-0.25, -0.2) is 0 Å². The lowest BCUT2D eigenvalue weighted by atomic mass is 10.0. The molecule has 0 spiro atoms. The van der Waals surface area contributed by atoms with Gasteiger partial charge in [0.2, 0.25) is 5.91 Å². The molecule has 0 aromatic carbocycles. The van der Waals surface area contributed by atoms with E-state index in [1.54, 1.807) is 0 Å². The highest BCUT2D eigenvalue weighted by atomic mass is 16.5. The summed E-state index contributed by atoms with van der Waals surface area (Å²) in [5.74, 6) is -0.0815. The predicted molar refractivity (Wildman–Crippen MR) is 287 cm³/mol. The van der Waals surface area contributed by atoms with Gasteiger partial charge in [-0.3, -0.25) is 9.59 Å². The maximum absolute atomic E-state index is 12.5. The second-order valence-corrected chi connectivity index (χ2v) is 19.6. The number of allylic oxidation sites excluding steroid dienone is 8. The number of ether oxygens (including phenoxy) is 1. The van der Waals surface area contributed by atoms with Gasteiger partial charge in [0.15, 0.2) is 0 Å². The van der Waals surface area contributed by atoms with Gasteiger partial charge >= 0.3 is 5.97 Å². The highest BCUT2D eigenvalue weighted by Crippen LogP contribution is 2.17. The van der Waals surface area contributed by atoms with Crippen LogP contribution in [0.2, 0.25) is 0 Å². The predicted octanol–water partition coefficient (Wildman–Crippen LogP) is 17.8. The molecule has 0 aliphatic carbocycles. The SMILES string of the molecule is CCC/C=C\C/C=C\CCCCCCCC(=O)OCCCCC/C=C\C/C=C\CCCCCCCCCC(=O)NC(CO)C(O)CCCCCCCCCCCCCCCCCCCCC. The van der Waals surface area contributed by atoms with E-state index < -0.39 is 12.1 Å². The number of unbranched alkanes of at least 4 members (excludes halogenated alkanes) is 34. The first kappa shape index (κ1) is 63.8. The second-order valence-electron chi connectivity index (χ2n) is 19.6. The minimum Gasteiger partial charge on any atom is -0.466 e. The van der Waals surface area contributed by atoms with Gasteiger partial charge < -0.3 is 20.3 Å². The van der Waals surface area contributed by atoms with Crippen molar-refractivity contribution < 1.29 is 24.5 Å². The first-order valence-corrected chi connectivity index (χ1v) is 28.9. The number of hydrogen-bond acceptors (Lipinski definition) is 5. The summed E-state index contributed by atoms with van der Waals surface area (Å²) in [5.41, 5.74) is 0. The molecule has 0 bridgehead atoms. The highest BCUT2D eigenvalue weighted by Gasteiger charge is 2.20. The van der Waals surface area contributed by atoms with E-state index in [4.69, 9.17) is 4.74 Å². The van der Waals surface area contributed by atoms with Crippen molar-refractivity contribution in [2.45, 2.75) is 309 Å². The molecule has 0 radical (unpaired) electrons. The van der Waals surface area contributed by atoms with Crippen LogP contribution < -0.4 is 5.32 Å². The van der Waals surface area contributed by atoms with E-state index in [1.165, 1.54) is 167 Å². The molecule has 0 rings (SSSR count). The van der Waals surface area contributed by atoms with Crippen molar-refractivity contribution in [2.75, 3.05) is 13.2 Å². The molecule has 6 nitrogen and oxygen atoms in total. The first-order chi connectivity index (χ1) is 32.5. The molecule has 0 heterocycles. The Bertz CT molecular complexity index is 1110. The van der Waals surface area contributed by atoms with Crippen molar-refractivity contribution in [3.63, 3.8) is 0 Å². The number of aliphatic hydroxyl groups is 2. The molecular weight excluding hydrogens is 815 g/mol. The van der Waals surface area contributed by atoms with E-state index >= 15 is 0 Å². The largest absolute Gasteiger partial charge is 0.466 e. The molecule has 0 aliphatic rings. The van der Waals surface area contributed by atoms with Gasteiger partial charge in [-0.15, -0.1) is 0 Å². The molecule has 0 aromatic rings. The summed E-state index contributed by atoms with van der Waals surface area (Å²) in [5, 5.41) is 23.3. The Labute approximate surface area is 410 Å². The van der Waals surface area contributed by atoms with E-state index in [9.17, 15) is 19.8 Å². The number of rotatable bonds is 53. The summed E-state index contributed by atoms with van der Waals surface area (Å²) in [6.07, 6.45) is 69.6. The Morgan fingerprint density at radius 1 is 0.424 bits per heavy atom. The van der Waals surface area contributed by atoms with Crippen molar-refractivity contribution in [1.82, 2.24) is 5.32 Å². The second kappa shape index (κ2) is 55.4. The summed E-state index contributed by atoms with van der Waals surface area (Å²) >= 11 is 0. The Hall–Kier alpha value is -2.18. The van der Waals surface area contributed by atoms with E-state index in [-0.39, 0.29) is 18.5 Å². The van der Waals surface area contributed by atoms with Crippen LogP contribution in [0, 0.1) is 0 Å². The molecule has 0 aliphatic heterocycles. The average Bonchev–Trinajstić information content (AvgIpc) is 3.32. The zero-order valence-corrected chi connectivity index (χ0v) is 43.9. The molecule has 66 heavy (non-hydrogen) atoms. The highest BCUT2D eigenvalue weighted by molar-refractivity contribution is 5.76. The lowest BCUT2D eigenvalue weighted by Gasteiger charge is -2.22. The summed E-state index contributed by atoms with van der Waals surface area (Å²) in [7, 11) is 0. The fraction of sp³-hybridized carbons (Fsp3) is 0.833. The van der Waals surface area contributed by atoms with Crippen LogP contribution >= 0.6 is 0 Å². The maximum atomic E-state index is 12.5. The third-order valence-corrected chi connectivity index (χ3v) is 13.1. The van der Waals surface area contributed by atoms with Crippen LogP contribution in [-0.2, 0) is 14.3 Å². The fourth-order valence-corrected chi connectivity index (χ4v) is 8.65. The molecule has 3 N–H and O–H groups in total. The van der Waals surface area contributed by atoms with E-state index in [2.05, 4.69) is 67.8 Å². The van der Waals surface area contributed by atoms with Gasteiger partial charge in [-0.1, -0.05) is 242 Å². The van der Waals surface area contributed by atoms with Crippen molar-refractivity contribution in [1.29, 1.82) is 0 Å². The van der Waals surface area contributed by atoms with E-state index in [1.807, 2.05) is 0 Å². The summed E-state index contributed by atoms with van der Waals surface area (Å²) in [6.45, 7) is 4.84. The zero-order valence-electron chi connectivity index (χ0n) is 43.9. The quantitative estimate of drug-likeness (QED) is 0.0321. The van der Waals surface area contributed by atoms with Crippen LogP contribution in [-0.4, -0.2) is 47.4 Å². The van der Waals surface area contributed by atoms with Crippen LogP contribution in [0.5, 0.6) is 0 Å². The standard InChI is InChI=1S/C60H111NO5/c1-3-5-7-9-11-13-15-17-18-19-20-22-25-29-32-36-40-44-48-52-58(63)57(56-62)61-59(64)53-49-45-41-37-33-30-26-23-21-24-27-31-35-39-43-47-51-55-66-60(65)54-50-46-42-38-34-28-16-14-12-10-8-6-4-2/h8,10,14,16,21,24,31,35,57-58,62-63H,3-7,9,11-13,15,17-20,22-23,25-30,32-34,36-56H2,1-2H3,(H,61,64)/b10-8-,16-14-,24-21-,35-31-. The minimum atomic E-state index is -0.677. The first-order valence-electron chi connectivity index (χ1n) is 28.9. The fourth-order valence-electron chi connectivity index (χ4n) is 8.65. The number of hydrogen-bond donors (Lipinski definition) is 3. The summed E-state index contributed by atoms with van der Waals surface area (Å²) in [6, 6.07) is -0.555. The van der Waals surface area contributed by atoms with Gasteiger partial charge in [-0.05, 0) is 89.9 Å². The van der Waals surface area contributed by atoms with Crippen molar-refractivity contribution in [3.05, 3.63) is 48.6 Å². The number of esters is 1. The normalized spacial score (nSPS) is 13.0. The molecule has 0 saturated heterocycles. The molecule has 2 unspecified atom stereocenters. The maximum Gasteiger partial charge on any atom is 0.305 e. The van der Waals surface area contributed by atoms with Crippen LogP contribution in [0.25, 0.3) is 0 Å². The summed E-state index contributed by atoms with van der Waals surface area (Å²) < 4.78 is 5.43. The third kappa shape index (κ3) is 51.2. The zero-order chi connectivity index (χ0) is 47.9. The monoisotopic (exact) mass is 926 g/mol. The van der Waals surface area contributed by atoms with Gasteiger partial charge in [0.1, 0.15) is 0 Å². The molecule has 386 valence electrons. The minimum absolute atomic E-state index is 0.0311. The van der Waals surface area contributed by atoms with Crippen LogP contribution in [0.15, 0.2) is 48.6 Å². The lowest BCUT2D eigenvalue weighted by molar-refractivity contribution is -0.143. The molecule has 1 amide bonds. The van der Waals surface area contributed by atoms with Crippen molar-refractivity contribution in [2.24, 2.45) is 0 Å². The Balaban J connectivity index is 3.51. The Morgan fingerprint density at radius 2 is 0.788 bits per heavy atom. The number of nitrogens with one attached hydrogen (secondary N) is 1. The van der Waals surface area contributed by atoms with Gasteiger partial charge in [0.05, 0.1) is 25.4 Å². The summed E-state index contributed by atoms with van der Waals surface area (Å²) in [4.78, 5) is 24.5. The average molecular weight is 927 g/mol. The van der Waals surface area contributed by atoms with Crippen LogP contribution in [0.4, 0.5) is 0 Å². The van der Waals surface area contributed by atoms with E-state index in [0.717, 1.165) is 96.3 Å². The van der Waals surface area contributed by atoms with Crippen molar-refractivity contribution in [3.8, 4) is 0 Å². The molecule has 0 fully saturated rings. The number of aliphatic hydroxyl groups excluding tert-OH is 2. The Morgan fingerprint density at radius 3 is 1.21 bits per heavy atom. The van der Waals surface area contributed by atoms with Crippen molar-refractivity contribution >= 4 is 11.9 Å². The molecule has 0 aromatic heterocycles. The van der Waals surface area contributed by atoms with Gasteiger partial charge in [0.25, 0.3) is 0 Å². The molecule has 6 heteroatoms. The third-order valence-electron chi connectivity index (χ3n) is 13.1. The number of carbonyl (C=O) groups is 2. The molecule has 2 atom stereocenters. The van der Waals surface area contributed by atoms with Crippen LogP contribution in [0.3, 0.4) is 0 Å². The van der Waals surface area contributed by atoms with E-state index in [0.29, 0.717) is 25.9 Å². The Kier molecular flexibility index (Phi) is 53.6. The molecular formula is C60H111NO5.